The molecule has 2 amide bonds. The van der Waals surface area contributed by atoms with Crippen molar-refractivity contribution in [3.05, 3.63) is 59.7 Å². The highest BCUT2D eigenvalue weighted by molar-refractivity contribution is 5.95. The smallest absolute Gasteiger partial charge is 0.243 e. The third-order valence-corrected chi connectivity index (χ3v) is 5.04. The molecule has 164 valence electrons. The number of fused-ring (bicyclic) bond motifs is 1. The molecule has 2 N–H and O–H groups in total. The van der Waals surface area contributed by atoms with Gasteiger partial charge in [-0.05, 0) is 38.2 Å². The van der Waals surface area contributed by atoms with Crippen LogP contribution in [-0.4, -0.2) is 45.9 Å². The lowest BCUT2D eigenvalue weighted by atomic mass is 10.2. The van der Waals surface area contributed by atoms with Crippen molar-refractivity contribution in [2.75, 3.05) is 18.9 Å². The largest absolute Gasteiger partial charge is 0.346 e. The zero-order chi connectivity index (χ0) is 22.7. The predicted octanol–water partition coefficient (Wildman–Crippen LogP) is 2.57. The molecule has 2 aromatic carbocycles. The van der Waals surface area contributed by atoms with Gasteiger partial charge in [0.1, 0.15) is 5.82 Å². The number of carbonyl (C=O) groups is 2. The molecule has 1 atom stereocenters. The number of benzene rings is 2. The van der Waals surface area contributed by atoms with E-state index < -0.39 is 47.5 Å². The number of imidazole rings is 1. The number of rotatable bonds is 7. The second-order valence-electron chi connectivity index (χ2n) is 7.16. The Labute approximate surface area is 176 Å². The Morgan fingerprint density at radius 1 is 1.13 bits per heavy atom. The molecule has 10 heteroatoms. The van der Waals surface area contributed by atoms with Crippen molar-refractivity contribution in [1.29, 1.82) is 0 Å². The molecule has 0 aliphatic rings. The minimum Gasteiger partial charge on any atom is -0.346 e. The first kappa shape index (κ1) is 22.3. The molecule has 0 aliphatic heterocycles. The molecule has 0 spiro atoms. The highest BCUT2D eigenvalue weighted by Gasteiger charge is 2.21. The van der Waals surface area contributed by atoms with Crippen molar-refractivity contribution < 1.29 is 22.8 Å². The third-order valence-electron chi connectivity index (χ3n) is 5.04. The van der Waals surface area contributed by atoms with Gasteiger partial charge in [0.05, 0.1) is 35.9 Å². The number of hydrogen-bond acceptors (Lipinski definition) is 4. The van der Waals surface area contributed by atoms with E-state index in [9.17, 15) is 22.8 Å². The number of likely N-dealkylation sites (N-methyl/N-ethyl adjacent to an activating group) is 1. The molecule has 0 saturated heterocycles. The van der Waals surface area contributed by atoms with Crippen LogP contribution >= 0.6 is 0 Å². The van der Waals surface area contributed by atoms with Crippen LogP contribution in [0.3, 0.4) is 0 Å². The number of amides is 2. The number of halogens is 3. The Morgan fingerprint density at radius 3 is 2.55 bits per heavy atom. The number of carbonyl (C=O) groups excluding carboxylic acids is 2. The molecule has 0 fully saturated rings. The van der Waals surface area contributed by atoms with Crippen LogP contribution in [-0.2, 0) is 23.2 Å². The van der Waals surface area contributed by atoms with Crippen molar-refractivity contribution >= 4 is 28.5 Å². The van der Waals surface area contributed by atoms with Crippen LogP contribution in [0, 0.1) is 17.5 Å². The number of nitrogens with one attached hydrogen (secondary N) is 2. The zero-order valence-corrected chi connectivity index (χ0v) is 17.2. The van der Waals surface area contributed by atoms with E-state index >= 15 is 0 Å². The van der Waals surface area contributed by atoms with E-state index in [1.807, 2.05) is 35.9 Å². The number of nitrogens with zero attached hydrogens (tertiary/aromatic N) is 3. The van der Waals surface area contributed by atoms with E-state index in [1.165, 1.54) is 0 Å². The van der Waals surface area contributed by atoms with E-state index in [-0.39, 0.29) is 0 Å². The Bertz CT molecular complexity index is 1130. The Hall–Kier alpha value is -3.40. The first-order chi connectivity index (χ1) is 14.7. The molecule has 3 rings (SSSR count). The van der Waals surface area contributed by atoms with Crippen LogP contribution in [0.25, 0.3) is 11.0 Å². The van der Waals surface area contributed by atoms with Gasteiger partial charge in [-0.3, -0.25) is 14.5 Å². The highest BCUT2D eigenvalue weighted by atomic mass is 19.2. The minimum atomic E-state index is -1.68. The second-order valence-corrected chi connectivity index (χ2v) is 7.16. The van der Waals surface area contributed by atoms with Gasteiger partial charge < -0.3 is 15.2 Å². The fraction of sp³-hybridized carbons (Fsp3) is 0.286. The van der Waals surface area contributed by atoms with Gasteiger partial charge in [0.15, 0.2) is 17.5 Å². The van der Waals surface area contributed by atoms with Gasteiger partial charge in [-0.15, -0.1) is 0 Å². The summed E-state index contributed by atoms with van der Waals surface area (Å²) in [5, 5.41) is 4.55. The molecule has 1 heterocycles. The van der Waals surface area contributed by atoms with Gasteiger partial charge in [-0.1, -0.05) is 12.1 Å². The molecule has 0 saturated carbocycles. The van der Waals surface area contributed by atoms with Gasteiger partial charge in [-0.25, -0.2) is 18.2 Å². The van der Waals surface area contributed by atoms with Crippen molar-refractivity contribution in [1.82, 2.24) is 19.8 Å². The van der Waals surface area contributed by atoms with Crippen LogP contribution in [0.2, 0.25) is 0 Å². The summed E-state index contributed by atoms with van der Waals surface area (Å²) in [6.45, 7) is 1.61. The number of hydrogen-bond donors (Lipinski definition) is 2. The van der Waals surface area contributed by atoms with Crippen LogP contribution < -0.4 is 10.6 Å². The number of aryl methyl sites for hydroxylation is 1. The van der Waals surface area contributed by atoms with Crippen molar-refractivity contribution in [3.63, 3.8) is 0 Å². The molecular weight excluding hydrogens is 411 g/mol. The number of aromatic nitrogens is 2. The maximum absolute atomic E-state index is 13.6. The SMILES string of the molecule is CC(C(=O)NCC(=O)Nc1ccc(F)c(F)c1F)N(C)Cc1nc2ccccc2n1C. The summed E-state index contributed by atoms with van der Waals surface area (Å²) >= 11 is 0. The number of para-hydroxylation sites is 2. The van der Waals surface area contributed by atoms with Crippen LogP contribution in [0.15, 0.2) is 36.4 Å². The Morgan fingerprint density at radius 2 is 1.84 bits per heavy atom. The van der Waals surface area contributed by atoms with Crippen LogP contribution in [0.4, 0.5) is 18.9 Å². The van der Waals surface area contributed by atoms with Gasteiger partial charge in [0.2, 0.25) is 11.8 Å². The molecule has 0 bridgehead atoms. The standard InChI is InChI=1S/C21H22F3N5O2/c1-12(28(2)11-17-26-14-6-4-5-7-16(14)29(17)3)21(31)25-10-18(30)27-15-9-8-13(22)19(23)20(15)24/h4-9,12H,10-11H2,1-3H3,(H,25,31)(H,27,30). The Kier molecular flexibility index (Phi) is 6.59. The normalized spacial score (nSPS) is 12.2. The lowest BCUT2D eigenvalue weighted by molar-refractivity contribution is -0.127. The van der Waals surface area contributed by atoms with Crippen molar-refractivity contribution in [2.45, 2.75) is 19.5 Å². The summed E-state index contributed by atoms with van der Waals surface area (Å²) in [6, 6.07) is 8.69. The summed E-state index contributed by atoms with van der Waals surface area (Å²) in [6.07, 6.45) is 0. The molecule has 0 aliphatic carbocycles. The van der Waals surface area contributed by atoms with E-state index in [1.54, 1.807) is 18.9 Å². The number of anilines is 1. The average molecular weight is 433 g/mol. The monoisotopic (exact) mass is 433 g/mol. The van der Waals surface area contributed by atoms with Gasteiger partial charge >= 0.3 is 0 Å². The summed E-state index contributed by atoms with van der Waals surface area (Å²) in [5.74, 6) is -4.98. The van der Waals surface area contributed by atoms with Gasteiger partial charge in [-0.2, -0.15) is 0 Å². The topological polar surface area (TPSA) is 79.3 Å². The highest BCUT2D eigenvalue weighted by Crippen LogP contribution is 2.19. The summed E-state index contributed by atoms with van der Waals surface area (Å²) < 4.78 is 41.8. The van der Waals surface area contributed by atoms with E-state index in [0.29, 0.717) is 12.6 Å². The second kappa shape index (κ2) is 9.17. The summed E-state index contributed by atoms with van der Waals surface area (Å²) in [4.78, 5) is 30.7. The quantitative estimate of drug-likeness (QED) is 0.562. The zero-order valence-electron chi connectivity index (χ0n) is 17.2. The lowest BCUT2D eigenvalue weighted by Crippen LogP contribution is -2.45. The molecule has 1 aromatic heterocycles. The Balaban J connectivity index is 1.55. The van der Waals surface area contributed by atoms with E-state index in [2.05, 4.69) is 15.6 Å². The van der Waals surface area contributed by atoms with Gasteiger partial charge in [0.25, 0.3) is 0 Å². The molecule has 7 nitrogen and oxygen atoms in total. The first-order valence-electron chi connectivity index (χ1n) is 9.50. The summed E-state index contributed by atoms with van der Waals surface area (Å²) in [7, 11) is 3.64. The maximum atomic E-state index is 13.6. The fourth-order valence-corrected chi connectivity index (χ4v) is 3.03. The van der Waals surface area contributed by atoms with Gasteiger partial charge in [0, 0.05) is 7.05 Å². The van der Waals surface area contributed by atoms with E-state index in [0.717, 1.165) is 22.9 Å². The van der Waals surface area contributed by atoms with Crippen LogP contribution in [0.5, 0.6) is 0 Å². The van der Waals surface area contributed by atoms with Crippen molar-refractivity contribution in [2.24, 2.45) is 7.05 Å². The minimum absolute atomic E-state index is 0.395. The molecule has 31 heavy (non-hydrogen) atoms. The average Bonchev–Trinajstić information content (AvgIpc) is 3.07. The lowest BCUT2D eigenvalue weighted by Gasteiger charge is -2.23. The molecule has 1 unspecified atom stereocenters. The van der Waals surface area contributed by atoms with Crippen LogP contribution in [0.1, 0.15) is 12.7 Å². The van der Waals surface area contributed by atoms with E-state index in [4.69, 9.17) is 0 Å². The summed E-state index contributed by atoms with van der Waals surface area (Å²) in [5.41, 5.74) is 1.32. The third kappa shape index (κ3) is 4.85. The molecular formula is C21H22F3N5O2. The maximum Gasteiger partial charge on any atom is 0.243 e. The first-order valence-corrected chi connectivity index (χ1v) is 9.50. The fourth-order valence-electron chi connectivity index (χ4n) is 3.03. The predicted molar refractivity (Wildman–Crippen MR) is 110 cm³/mol. The molecule has 3 aromatic rings. The van der Waals surface area contributed by atoms with Crippen molar-refractivity contribution in [3.8, 4) is 0 Å². The molecule has 0 radical (unpaired) electrons.